The Morgan fingerprint density at radius 1 is 1.31 bits per heavy atom. The molecule has 3 nitrogen and oxygen atoms in total. The number of alkyl halides is 1. The van der Waals surface area contributed by atoms with E-state index in [0.717, 1.165) is 6.42 Å². The standard InChI is InChI=1S/C11H15BrFN3/c1-16(10-5-3-2-4-9(10)12)11-14-6-8(13)7-15-11/h6-7,9-10H,2-5H2,1H3. The molecule has 2 rings (SSSR count). The number of hydrogen-bond acceptors (Lipinski definition) is 3. The minimum Gasteiger partial charge on any atom is -0.340 e. The summed E-state index contributed by atoms with van der Waals surface area (Å²) in [5, 5.41) is 0. The molecule has 0 N–H and O–H groups in total. The third-order valence-corrected chi connectivity index (χ3v) is 4.14. The lowest BCUT2D eigenvalue weighted by Crippen LogP contribution is -2.41. The van der Waals surface area contributed by atoms with Gasteiger partial charge in [-0.2, -0.15) is 0 Å². The maximum absolute atomic E-state index is 12.7. The van der Waals surface area contributed by atoms with Crippen LogP contribution in [0.1, 0.15) is 25.7 Å². The molecule has 0 aromatic carbocycles. The van der Waals surface area contributed by atoms with Gasteiger partial charge in [0.05, 0.1) is 12.4 Å². The maximum Gasteiger partial charge on any atom is 0.225 e. The Labute approximate surface area is 103 Å². The first-order valence-corrected chi connectivity index (χ1v) is 6.44. The van der Waals surface area contributed by atoms with E-state index in [-0.39, 0.29) is 0 Å². The Morgan fingerprint density at radius 2 is 1.94 bits per heavy atom. The highest BCUT2D eigenvalue weighted by Gasteiger charge is 2.27. The third kappa shape index (κ3) is 2.51. The monoisotopic (exact) mass is 287 g/mol. The van der Waals surface area contributed by atoms with Crippen LogP contribution in [0.4, 0.5) is 10.3 Å². The fraction of sp³-hybridized carbons (Fsp3) is 0.636. The molecule has 2 atom stereocenters. The number of hydrogen-bond donors (Lipinski definition) is 0. The van der Waals surface area contributed by atoms with E-state index >= 15 is 0 Å². The summed E-state index contributed by atoms with van der Waals surface area (Å²) in [6, 6.07) is 0.402. The zero-order valence-electron chi connectivity index (χ0n) is 9.24. The van der Waals surface area contributed by atoms with Gasteiger partial charge in [0.15, 0.2) is 5.82 Å². The second-order valence-electron chi connectivity index (χ2n) is 4.18. The summed E-state index contributed by atoms with van der Waals surface area (Å²) in [7, 11) is 1.97. The van der Waals surface area contributed by atoms with Crippen molar-refractivity contribution in [3.63, 3.8) is 0 Å². The van der Waals surface area contributed by atoms with Crippen molar-refractivity contribution in [3.05, 3.63) is 18.2 Å². The van der Waals surface area contributed by atoms with Gasteiger partial charge in [0.25, 0.3) is 0 Å². The molecule has 2 unspecified atom stereocenters. The molecular formula is C11H15BrFN3. The molecule has 1 aromatic heterocycles. The molecule has 0 radical (unpaired) electrons. The summed E-state index contributed by atoms with van der Waals surface area (Å²) < 4.78 is 12.7. The van der Waals surface area contributed by atoms with Crippen molar-refractivity contribution in [1.29, 1.82) is 0 Å². The molecule has 1 aromatic rings. The van der Waals surface area contributed by atoms with E-state index in [2.05, 4.69) is 25.9 Å². The van der Waals surface area contributed by atoms with Crippen LogP contribution in [0.25, 0.3) is 0 Å². The summed E-state index contributed by atoms with van der Waals surface area (Å²) in [6.07, 6.45) is 7.24. The van der Waals surface area contributed by atoms with Gasteiger partial charge in [0, 0.05) is 17.9 Å². The smallest absolute Gasteiger partial charge is 0.225 e. The van der Waals surface area contributed by atoms with Crippen LogP contribution in [0.2, 0.25) is 0 Å². The summed E-state index contributed by atoms with van der Waals surface area (Å²) in [6.45, 7) is 0. The largest absolute Gasteiger partial charge is 0.340 e. The molecule has 1 saturated carbocycles. The molecular weight excluding hydrogens is 273 g/mol. The van der Waals surface area contributed by atoms with Crippen molar-refractivity contribution in [2.45, 2.75) is 36.6 Å². The molecule has 1 fully saturated rings. The zero-order chi connectivity index (χ0) is 11.5. The Hall–Kier alpha value is -0.710. The van der Waals surface area contributed by atoms with Crippen molar-refractivity contribution in [2.75, 3.05) is 11.9 Å². The van der Waals surface area contributed by atoms with Crippen LogP contribution in [0.5, 0.6) is 0 Å². The normalized spacial score (nSPS) is 25.4. The molecule has 0 bridgehead atoms. The third-order valence-electron chi connectivity index (χ3n) is 3.07. The number of halogens is 2. The fourth-order valence-corrected chi connectivity index (χ4v) is 3.08. The van der Waals surface area contributed by atoms with Crippen molar-refractivity contribution in [3.8, 4) is 0 Å². The van der Waals surface area contributed by atoms with Crippen LogP contribution in [-0.4, -0.2) is 27.9 Å². The van der Waals surface area contributed by atoms with Crippen molar-refractivity contribution in [2.24, 2.45) is 0 Å². The van der Waals surface area contributed by atoms with Crippen molar-refractivity contribution < 1.29 is 4.39 Å². The van der Waals surface area contributed by atoms with Gasteiger partial charge in [-0.15, -0.1) is 0 Å². The average Bonchev–Trinajstić information content (AvgIpc) is 2.30. The molecule has 0 amide bonds. The van der Waals surface area contributed by atoms with Gasteiger partial charge in [-0.05, 0) is 12.8 Å². The Balaban J connectivity index is 2.11. The minimum atomic E-state index is -0.392. The lowest BCUT2D eigenvalue weighted by Gasteiger charge is -2.35. The molecule has 16 heavy (non-hydrogen) atoms. The highest BCUT2D eigenvalue weighted by molar-refractivity contribution is 9.09. The second kappa shape index (κ2) is 5.08. The first-order valence-electron chi connectivity index (χ1n) is 5.53. The minimum absolute atomic E-state index is 0.392. The molecule has 88 valence electrons. The van der Waals surface area contributed by atoms with E-state index in [4.69, 9.17) is 0 Å². The topological polar surface area (TPSA) is 29.0 Å². The first kappa shape index (κ1) is 11.8. The first-order chi connectivity index (χ1) is 7.68. The van der Waals surface area contributed by atoms with Gasteiger partial charge in [-0.1, -0.05) is 28.8 Å². The number of aromatic nitrogens is 2. The fourth-order valence-electron chi connectivity index (χ4n) is 2.14. The van der Waals surface area contributed by atoms with Crippen LogP contribution in [0.3, 0.4) is 0 Å². The van der Waals surface area contributed by atoms with E-state index in [0.29, 0.717) is 16.8 Å². The lowest BCUT2D eigenvalue weighted by molar-refractivity contribution is 0.439. The lowest BCUT2D eigenvalue weighted by atomic mass is 9.94. The molecule has 0 spiro atoms. The van der Waals surface area contributed by atoms with Gasteiger partial charge in [-0.25, -0.2) is 14.4 Å². The van der Waals surface area contributed by atoms with Crippen LogP contribution in [-0.2, 0) is 0 Å². The van der Waals surface area contributed by atoms with Crippen LogP contribution in [0.15, 0.2) is 12.4 Å². The SMILES string of the molecule is CN(c1ncc(F)cn1)C1CCCCC1Br. The van der Waals surface area contributed by atoms with E-state index in [1.807, 2.05) is 11.9 Å². The number of rotatable bonds is 2. The van der Waals surface area contributed by atoms with E-state index < -0.39 is 5.82 Å². The average molecular weight is 288 g/mol. The van der Waals surface area contributed by atoms with Gasteiger partial charge in [0.2, 0.25) is 5.95 Å². The Morgan fingerprint density at radius 3 is 2.56 bits per heavy atom. The van der Waals surface area contributed by atoms with E-state index in [1.54, 1.807) is 0 Å². The number of anilines is 1. The summed E-state index contributed by atoms with van der Waals surface area (Å²) >= 11 is 3.70. The van der Waals surface area contributed by atoms with Crippen molar-refractivity contribution >= 4 is 21.9 Å². The van der Waals surface area contributed by atoms with Crippen LogP contribution < -0.4 is 4.90 Å². The molecule has 0 aliphatic heterocycles. The summed E-state index contributed by atoms with van der Waals surface area (Å²) in [5.41, 5.74) is 0. The van der Waals surface area contributed by atoms with Gasteiger partial charge in [0.1, 0.15) is 0 Å². The second-order valence-corrected chi connectivity index (χ2v) is 5.36. The maximum atomic E-state index is 12.7. The molecule has 1 heterocycles. The quantitative estimate of drug-likeness (QED) is 0.784. The van der Waals surface area contributed by atoms with Crippen LogP contribution in [0, 0.1) is 5.82 Å². The van der Waals surface area contributed by atoms with Crippen molar-refractivity contribution in [1.82, 2.24) is 9.97 Å². The van der Waals surface area contributed by atoms with Gasteiger partial charge >= 0.3 is 0 Å². The summed E-state index contributed by atoms with van der Waals surface area (Å²) in [4.78, 5) is 10.5. The predicted molar refractivity (Wildman–Crippen MR) is 65.4 cm³/mol. The van der Waals surface area contributed by atoms with Gasteiger partial charge in [-0.3, -0.25) is 0 Å². The van der Waals surface area contributed by atoms with E-state index in [1.165, 1.54) is 31.7 Å². The van der Waals surface area contributed by atoms with Crippen LogP contribution >= 0.6 is 15.9 Å². The summed E-state index contributed by atoms with van der Waals surface area (Å²) in [5.74, 6) is 0.203. The highest BCUT2D eigenvalue weighted by Crippen LogP contribution is 2.29. The highest BCUT2D eigenvalue weighted by atomic mass is 79.9. The molecule has 5 heteroatoms. The predicted octanol–water partition coefficient (Wildman–Crippen LogP) is 2.76. The Bertz CT molecular complexity index is 344. The van der Waals surface area contributed by atoms with E-state index in [9.17, 15) is 4.39 Å². The molecule has 0 saturated heterocycles. The Kier molecular flexibility index (Phi) is 3.74. The number of nitrogens with zero attached hydrogens (tertiary/aromatic N) is 3. The van der Waals surface area contributed by atoms with Gasteiger partial charge < -0.3 is 4.90 Å². The zero-order valence-corrected chi connectivity index (χ0v) is 10.8. The molecule has 1 aliphatic carbocycles. The molecule has 1 aliphatic rings.